The number of nitrogens with zero attached hydrogens (tertiary/aromatic N) is 1. The molecule has 2 fully saturated rings. The molecule has 1 unspecified atom stereocenters. The molecule has 1 saturated heterocycles. The second-order valence-electron chi connectivity index (χ2n) is 4.92. The zero-order valence-electron chi connectivity index (χ0n) is 9.51. The van der Waals surface area contributed by atoms with E-state index in [-0.39, 0.29) is 31.0 Å². The molecule has 2 aliphatic rings. The molecule has 5 nitrogen and oxygen atoms in total. The van der Waals surface area contributed by atoms with E-state index in [9.17, 15) is 17.1 Å². The molecule has 1 aliphatic heterocycles. The Morgan fingerprint density at radius 2 is 1.82 bits per heavy atom. The van der Waals surface area contributed by atoms with E-state index in [1.54, 1.807) is 0 Å². The van der Waals surface area contributed by atoms with Crippen LogP contribution in [0, 0.1) is 0 Å². The Hall–Kier alpha value is -0.690. The Morgan fingerprint density at radius 1 is 1.24 bits per heavy atom. The van der Waals surface area contributed by atoms with Crippen molar-refractivity contribution in [1.82, 2.24) is 4.90 Å². The van der Waals surface area contributed by atoms with Gasteiger partial charge in [-0.15, -0.1) is 3.89 Å². The van der Waals surface area contributed by atoms with Crippen molar-refractivity contribution in [1.29, 1.82) is 0 Å². The molecule has 17 heavy (non-hydrogen) atoms. The van der Waals surface area contributed by atoms with Crippen LogP contribution in [0.15, 0.2) is 0 Å². The third kappa shape index (κ3) is 2.77. The zero-order valence-corrected chi connectivity index (χ0v) is 10.3. The number of halogens is 1. The Morgan fingerprint density at radius 3 is 2.29 bits per heavy atom. The number of likely N-dealkylation sites (tertiary alicyclic amines) is 1. The summed E-state index contributed by atoms with van der Waals surface area (Å²) in [6.07, 6.45) is 3.02. The number of hydrogen-bond acceptors (Lipinski definition) is 4. The van der Waals surface area contributed by atoms with E-state index in [1.807, 2.05) is 0 Å². The summed E-state index contributed by atoms with van der Waals surface area (Å²) in [5.41, 5.74) is 5.77. The Balaban J connectivity index is 2.01. The van der Waals surface area contributed by atoms with Crippen LogP contribution in [0.3, 0.4) is 0 Å². The molecule has 0 aromatic carbocycles. The van der Waals surface area contributed by atoms with Gasteiger partial charge in [0.1, 0.15) is 5.25 Å². The van der Waals surface area contributed by atoms with Crippen LogP contribution < -0.4 is 5.73 Å². The molecule has 2 rings (SSSR count). The number of amides is 1. The van der Waals surface area contributed by atoms with Crippen LogP contribution in [0.5, 0.6) is 0 Å². The first-order valence-electron chi connectivity index (χ1n) is 5.86. The lowest BCUT2D eigenvalue weighted by atomic mass is 9.91. The maximum atomic E-state index is 12.8. The molecular weight excluding hydrogens is 247 g/mol. The highest BCUT2D eigenvalue weighted by atomic mass is 32.3. The van der Waals surface area contributed by atoms with Gasteiger partial charge in [-0.05, 0) is 25.7 Å². The smallest absolute Gasteiger partial charge is 0.307 e. The van der Waals surface area contributed by atoms with Crippen LogP contribution in [0.4, 0.5) is 3.89 Å². The quantitative estimate of drug-likeness (QED) is 0.720. The molecule has 2 N–H and O–H groups in total. The minimum Gasteiger partial charge on any atom is -0.338 e. The first kappa shape index (κ1) is 12.8. The predicted molar refractivity (Wildman–Crippen MR) is 60.4 cm³/mol. The monoisotopic (exact) mass is 264 g/mol. The zero-order chi connectivity index (χ0) is 12.6. The van der Waals surface area contributed by atoms with E-state index >= 15 is 0 Å². The topological polar surface area (TPSA) is 80.5 Å². The molecule has 98 valence electrons. The maximum Gasteiger partial charge on any atom is 0.307 e. The van der Waals surface area contributed by atoms with E-state index in [4.69, 9.17) is 5.73 Å². The minimum absolute atomic E-state index is 0.00241. The number of carbonyl (C=O) groups excluding carboxylic acids is 1. The van der Waals surface area contributed by atoms with Crippen molar-refractivity contribution < 1.29 is 17.1 Å². The van der Waals surface area contributed by atoms with Gasteiger partial charge in [0.25, 0.3) is 0 Å². The second kappa shape index (κ2) is 4.53. The third-order valence-corrected chi connectivity index (χ3v) is 4.82. The normalized spacial score (nSPS) is 35.3. The van der Waals surface area contributed by atoms with Gasteiger partial charge in [-0.3, -0.25) is 4.79 Å². The van der Waals surface area contributed by atoms with Crippen LogP contribution in [-0.2, 0) is 15.0 Å². The fourth-order valence-electron chi connectivity index (χ4n) is 2.65. The Kier molecular flexibility index (Phi) is 3.40. The summed E-state index contributed by atoms with van der Waals surface area (Å²) in [6, 6.07) is 0.207. The number of carbonyl (C=O) groups is 1. The van der Waals surface area contributed by atoms with E-state index in [1.165, 1.54) is 4.90 Å². The van der Waals surface area contributed by atoms with Crippen molar-refractivity contribution in [3.05, 3.63) is 0 Å². The maximum absolute atomic E-state index is 12.8. The van der Waals surface area contributed by atoms with Gasteiger partial charge in [-0.1, -0.05) is 0 Å². The Bertz CT molecular complexity index is 404. The summed E-state index contributed by atoms with van der Waals surface area (Å²) >= 11 is 0. The van der Waals surface area contributed by atoms with Gasteiger partial charge in [-0.2, -0.15) is 8.42 Å². The fraction of sp³-hybridized carbons (Fsp3) is 0.900. The summed E-state index contributed by atoms with van der Waals surface area (Å²) in [4.78, 5) is 13.2. The first-order chi connectivity index (χ1) is 7.88. The summed E-state index contributed by atoms with van der Waals surface area (Å²) in [6.45, 7) is -0.00241. The standard InChI is InChI=1S/C10H17FN2O3S/c11-17(15,16)9-5-10(14)13(6-9)8-3-1-7(12)2-4-8/h7-9H,1-6,12H2. The van der Waals surface area contributed by atoms with Gasteiger partial charge in [0.15, 0.2) is 0 Å². The lowest BCUT2D eigenvalue weighted by molar-refractivity contribution is -0.130. The van der Waals surface area contributed by atoms with E-state index in [0.29, 0.717) is 0 Å². The molecule has 1 aliphatic carbocycles. The number of nitrogens with two attached hydrogens (primary N) is 1. The van der Waals surface area contributed by atoms with E-state index in [2.05, 4.69) is 0 Å². The number of rotatable bonds is 2. The van der Waals surface area contributed by atoms with Crippen LogP contribution in [0.1, 0.15) is 32.1 Å². The lowest BCUT2D eigenvalue weighted by Gasteiger charge is -2.33. The van der Waals surface area contributed by atoms with Gasteiger partial charge in [-0.25, -0.2) is 0 Å². The van der Waals surface area contributed by atoms with Crippen LogP contribution in [-0.4, -0.2) is 43.1 Å². The molecule has 1 saturated carbocycles. The molecule has 1 heterocycles. The van der Waals surface area contributed by atoms with Crippen molar-refractivity contribution >= 4 is 16.1 Å². The predicted octanol–water partition coefficient (Wildman–Crippen LogP) is 0.156. The van der Waals surface area contributed by atoms with Crippen molar-refractivity contribution in [3.63, 3.8) is 0 Å². The average molecular weight is 264 g/mol. The SMILES string of the molecule is NC1CCC(N2CC(S(=O)(=O)F)CC2=O)CC1. The summed E-state index contributed by atoms with van der Waals surface area (Å²) < 4.78 is 34.4. The molecule has 7 heteroatoms. The summed E-state index contributed by atoms with van der Waals surface area (Å²) in [5.74, 6) is -0.253. The second-order valence-corrected chi connectivity index (χ2v) is 6.53. The van der Waals surface area contributed by atoms with Gasteiger partial charge < -0.3 is 10.6 Å². The minimum atomic E-state index is -4.61. The largest absolute Gasteiger partial charge is 0.338 e. The van der Waals surface area contributed by atoms with Crippen molar-refractivity contribution in [2.45, 2.75) is 49.4 Å². The van der Waals surface area contributed by atoms with Crippen molar-refractivity contribution in [2.75, 3.05) is 6.54 Å². The highest BCUT2D eigenvalue weighted by molar-refractivity contribution is 7.87. The van der Waals surface area contributed by atoms with Gasteiger partial charge >= 0.3 is 10.2 Å². The lowest BCUT2D eigenvalue weighted by Crippen LogP contribution is -2.42. The van der Waals surface area contributed by atoms with Gasteiger partial charge in [0, 0.05) is 25.0 Å². The number of hydrogen-bond donors (Lipinski definition) is 1. The van der Waals surface area contributed by atoms with E-state index in [0.717, 1.165) is 25.7 Å². The van der Waals surface area contributed by atoms with Gasteiger partial charge in [0.2, 0.25) is 5.91 Å². The summed E-state index contributed by atoms with van der Waals surface area (Å²) in [7, 11) is -4.61. The van der Waals surface area contributed by atoms with Gasteiger partial charge in [0.05, 0.1) is 0 Å². The van der Waals surface area contributed by atoms with E-state index < -0.39 is 15.5 Å². The molecule has 0 aromatic heterocycles. The molecule has 0 radical (unpaired) electrons. The molecule has 0 bridgehead atoms. The van der Waals surface area contributed by atoms with Crippen molar-refractivity contribution in [3.8, 4) is 0 Å². The third-order valence-electron chi connectivity index (χ3n) is 3.70. The van der Waals surface area contributed by atoms with Crippen molar-refractivity contribution in [2.24, 2.45) is 5.73 Å². The molecule has 0 aromatic rings. The van der Waals surface area contributed by atoms with Crippen LogP contribution in [0.25, 0.3) is 0 Å². The molecule has 0 spiro atoms. The fourth-order valence-corrected chi connectivity index (χ4v) is 3.33. The molecule has 1 amide bonds. The highest BCUT2D eigenvalue weighted by Crippen LogP contribution is 2.28. The Labute approximate surface area is 100 Å². The molecule has 1 atom stereocenters. The molecular formula is C10H17FN2O3S. The highest BCUT2D eigenvalue weighted by Gasteiger charge is 2.41. The summed E-state index contributed by atoms with van der Waals surface area (Å²) in [5, 5.41) is -1.18. The average Bonchev–Trinajstić information content (AvgIpc) is 2.61. The first-order valence-corrected chi connectivity index (χ1v) is 7.31. The van der Waals surface area contributed by atoms with Crippen LogP contribution >= 0.6 is 0 Å². The van der Waals surface area contributed by atoms with Crippen LogP contribution in [0.2, 0.25) is 0 Å².